The van der Waals surface area contributed by atoms with Gasteiger partial charge < -0.3 is 33.8 Å². The Hall–Kier alpha value is -1.94. The van der Waals surface area contributed by atoms with Gasteiger partial charge in [-0.25, -0.2) is 9.13 Å². The average molecular weight is 1480 g/mol. The van der Waals surface area contributed by atoms with Gasteiger partial charge in [0.1, 0.15) is 19.3 Å². The van der Waals surface area contributed by atoms with Crippen molar-refractivity contribution in [3.8, 4) is 0 Å². The quantitative estimate of drug-likeness (QED) is 0.0222. The zero-order chi connectivity index (χ0) is 74.6. The number of carbonyl (C=O) groups is 4. The molecule has 0 saturated carbocycles. The molecule has 101 heavy (non-hydrogen) atoms. The van der Waals surface area contributed by atoms with Gasteiger partial charge in [0.2, 0.25) is 0 Å². The van der Waals surface area contributed by atoms with Crippen LogP contribution in [0.1, 0.15) is 421 Å². The third kappa shape index (κ3) is 76.1. The van der Waals surface area contributed by atoms with E-state index in [4.69, 9.17) is 37.0 Å². The van der Waals surface area contributed by atoms with E-state index >= 15 is 0 Å². The number of phosphoric acid groups is 2. The maximum absolute atomic E-state index is 13.1. The summed E-state index contributed by atoms with van der Waals surface area (Å²) in [6.07, 6.45) is 58.5. The third-order valence-electron chi connectivity index (χ3n) is 19.1. The summed E-state index contributed by atoms with van der Waals surface area (Å²) in [4.78, 5) is 73.0. The summed E-state index contributed by atoms with van der Waals surface area (Å²) >= 11 is 0. The van der Waals surface area contributed by atoms with E-state index in [0.717, 1.165) is 114 Å². The van der Waals surface area contributed by atoms with Gasteiger partial charge >= 0.3 is 39.5 Å². The summed E-state index contributed by atoms with van der Waals surface area (Å²) in [5.74, 6) is 0.953. The molecule has 0 amide bonds. The number of hydrogen-bond acceptors (Lipinski definition) is 15. The van der Waals surface area contributed by atoms with Crippen molar-refractivity contribution >= 4 is 39.5 Å². The summed E-state index contributed by atoms with van der Waals surface area (Å²) in [6.45, 7) is 14.2. The normalized spacial score (nSPS) is 14.0. The highest BCUT2D eigenvalue weighted by Gasteiger charge is 2.30. The standard InChI is InChI=1S/C82H160O17P2/c1-72(2)58-50-42-34-28-22-16-13-11-9-10-12-14-18-26-32-38-48-56-64-82(87)99-78(69-93-80(85)63-55-47-41-40-45-53-61-75(7)8)71-97-101(90,91)95-67-76(83)66-94-100(88,89)96-70-77(98-81(86)65-57-49-39-33-27-21-20-24-30-36-44-52-60-74(5)6)68-92-79(84)62-54-46-37-31-25-19-15-17-23-29-35-43-51-59-73(3)4/h72-78,83H,9-71H2,1-8H3,(H,88,89)(H,90,91)/t76?,77-,78-/m1/s1. The van der Waals surface area contributed by atoms with Crippen molar-refractivity contribution in [3.05, 3.63) is 0 Å². The summed E-state index contributed by atoms with van der Waals surface area (Å²) in [7, 11) is -9.92. The number of phosphoric ester groups is 2. The molecule has 600 valence electrons. The number of hydrogen-bond donors (Lipinski definition) is 3. The Labute approximate surface area is 619 Å². The summed E-state index contributed by atoms with van der Waals surface area (Å²) in [5, 5.41) is 10.6. The van der Waals surface area contributed by atoms with E-state index in [9.17, 15) is 43.2 Å². The number of unbranched alkanes of at least 4 members (excludes halogenated alkanes) is 45. The molecule has 0 heterocycles. The Kier molecular flexibility index (Phi) is 69.6. The molecule has 0 radical (unpaired) electrons. The lowest BCUT2D eigenvalue weighted by Gasteiger charge is -2.21. The first-order chi connectivity index (χ1) is 48.6. The third-order valence-corrected chi connectivity index (χ3v) is 21.0. The van der Waals surface area contributed by atoms with Crippen LogP contribution in [0.15, 0.2) is 0 Å². The van der Waals surface area contributed by atoms with Gasteiger partial charge in [-0.15, -0.1) is 0 Å². The van der Waals surface area contributed by atoms with Crippen LogP contribution in [0.2, 0.25) is 0 Å². The van der Waals surface area contributed by atoms with Gasteiger partial charge in [-0.2, -0.15) is 0 Å². The molecule has 0 rings (SSSR count). The van der Waals surface area contributed by atoms with Gasteiger partial charge in [-0.3, -0.25) is 37.3 Å². The van der Waals surface area contributed by atoms with Crippen LogP contribution in [0.4, 0.5) is 0 Å². The number of carbonyl (C=O) groups excluding carboxylic acids is 4. The highest BCUT2D eigenvalue weighted by molar-refractivity contribution is 7.47. The topological polar surface area (TPSA) is 237 Å². The maximum Gasteiger partial charge on any atom is 0.472 e. The van der Waals surface area contributed by atoms with Crippen LogP contribution in [0.5, 0.6) is 0 Å². The van der Waals surface area contributed by atoms with Gasteiger partial charge in [0.15, 0.2) is 12.2 Å². The SMILES string of the molecule is CC(C)CCCCCCCCCCCCCCCCCCCCC(=O)O[C@H](COC(=O)CCCCCCCCC(C)C)COP(=O)(O)OCC(O)COP(=O)(O)OC[C@@H](COC(=O)CCCCCCCCCCCCCCCC(C)C)OC(=O)CCCCCCCCCCCCCCC(C)C. The van der Waals surface area contributed by atoms with Crippen LogP contribution in [0.25, 0.3) is 0 Å². The van der Waals surface area contributed by atoms with Crippen molar-refractivity contribution < 1.29 is 80.2 Å². The van der Waals surface area contributed by atoms with Crippen molar-refractivity contribution in [2.75, 3.05) is 39.6 Å². The van der Waals surface area contributed by atoms with E-state index in [1.54, 1.807) is 0 Å². The zero-order valence-corrected chi connectivity index (χ0v) is 68.3. The molecule has 3 N–H and O–H groups in total. The number of aliphatic hydroxyl groups excluding tert-OH is 1. The fourth-order valence-corrected chi connectivity index (χ4v) is 14.2. The highest BCUT2D eigenvalue weighted by Crippen LogP contribution is 2.45. The fraction of sp³-hybridized carbons (Fsp3) is 0.951. The molecule has 0 aliphatic heterocycles. The Morgan fingerprint density at radius 2 is 0.416 bits per heavy atom. The Morgan fingerprint density at radius 3 is 0.614 bits per heavy atom. The predicted octanol–water partition coefficient (Wildman–Crippen LogP) is 24.4. The largest absolute Gasteiger partial charge is 0.472 e. The molecule has 0 aromatic rings. The van der Waals surface area contributed by atoms with E-state index in [-0.39, 0.29) is 25.7 Å². The lowest BCUT2D eigenvalue weighted by molar-refractivity contribution is -0.161. The van der Waals surface area contributed by atoms with Crippen molar-refractivity contribution in [1.29, 1.82) is 0 Å². The van der Waals surface area contributed by atoms with Crippen molar-refractivity contribution in [1.82, 2.24) is 0 Å². The van der Waals surface area contributed by atoms with Crippen molar-refractivity contribution in [2.45, 2.75) is 440 Å². The van der Waals surface area contributed by atoms with Crippen molar-refractivity contribution in [2.24, 2.45) is 23.7 Å². The lowest BCUT2D eigenvalue weighted by Crippen LogP contribution is -2.30. The molecule has 17 nitrogen and oxygen atoms in total. The van der Waals surface area contributed by atoms with Crippen LogP contribution in [-0.4, -0.2) is 96.7 Å². The molecule has 0 spiro atoms. The number of esters is 4. The Bertz CT molecular complexity index is 1970. The first kappa shape index (κ1) is 99.1. The van der Waals surface area contributed by atoms with Gasteiger partial charge in [-0.05, 0) is 49.4 Å². The molecule has 0 fully saturated rings. The van der Waals surface area contributed by atoms with Crippen LogP contribution >= 0.6 is 15.6 Å². The molecule has 0 aromatic heterocycles. The summed E-state index contributed by atoms with van der Waals surface area (Å²) in [6, 6.07) is 0. The minimum atomic E-state index is -4.96. The van der Waals surface area contributed by atoms with Crippen LogP contribution in [-0.2, 0) is 65.4 Å². The molecule has 0 aliphatic carbocycles. The molecule has 0 saturated heterocycles. The van der Waals surface area contributed by atoms with Gasteiger partial charge in [0.05, 0.1) is 26.4 Å². The Morgan fingerprint density at radius 1 is 0.248 bits per heavy atom. The first-order valence-corrected chi connectivity index (χ1v) is 45.2. The van der Waals surface area contributed by atoms with Gasteiger partial charge in [0, 0.05) is 25.7 Å². The van der Waals surface area contributed by atoms with E-state index in [0.29, 0.717) is 31.6 Å². The number of rotatable bonds is 79. The molecule has 0 aliphatic rings. The predicted molar refractivity (Wildman–Crippen MR) is 414 cm³/mol. The summed E-state index contributed by atoms with van der Waals surface area (Å²) in [5.41, 5.74) is 0. The lowest BCUT2D eigenvalue weighted by atomic mass is 10.0. The molecule has 0 bridgehead atoms. The molecule has 5 atom stereocenters. The smallest absolute Gasteiger partial charge is 0.462 e. The first-order valence-electron chi connectivity index (χ1n) is 42.2. The second kappa shape index (κ2) is 71.0. The zero-order valence-electron chi connectivity index (χ0n) is 66.5. The van der Waals surface area contributed by atoms with Gasteiger partial charge in [-0.1, -0.05) is 370 Å². The van der Waals surface area contributed by atoms with Crippen LogP contribution < -0.4 is 0 Å². The van der Waals surface area contributed by atoms with Gasteiger partial charge in [0.25, 0.3) is 0 Å². The highest BCUT2D eigenvalue weighted by atomic mass is 31.2. The number of aliphatic hydroxyl groups is 1. The summed E-state index contributed by atoms with van der Waals surface area (Å²) < 4.78 is 68.7. The van der Waals surface area contributed by atoms with E-state index < -0.39 is 97.5 Å². The van der Waals surface area contributed by atoms with E-state index in [1.165, 1.54) is 218 Å². The second-order valence-corrected chi connectivity index (χ2v) is 34.3. The Balaban J connectivity index is 5.19. The van der Waals surface area contributed by atoms with E-state index in [2.05, 4.69) is 55.4 Å². The molecule has 3 unspecified atom stereocenters. The minimum Gasteiger partial charge on any atom is -0.462 e. The number of ether oxygens (including phenoxy) is 4. The van der Waals surface area contributed by atoms with E-state index in [1.807, 2.05) is 0 Å². The maximum atomic E-state index is 13.1. The second-order valence-electron chi connectivity index (χ2n) is 31.4. The molecule has 0 aromatic carbocycles. The van der Waals surface area contributed by atoms with Crippen LogP contribution in [0.3, 0.4) is 0 Å². The molecular formula is C82H160O17P2. The minimum absolute atomic E-state index is 0.107. The molecule has 19 heteroatoms. The monoisotopic (exact) mass is 1480 g/mol. The fourth-order valence-electron chi connectivity index (χ4n) is 12.6. The van der Waals surface area contributed by atoms with Crippen LogP contribution in [0, 0.1) is 23.7 Å². The van der Waals surface area contributed by atoms with Crippen molar-refractivity contribution in [3.63, 3.8) is 0 Å². The average Bonchev–Trinajstić information content (AvgIpc) is 1.02. The molecular weight excluding hydrogens is 1320 g/mol.